The van der Waals surface area contributed by atoms with Gasteiger partial charge >= 0.3 is 0 Å². The van der Waals surface area contributed by atoms with Gasteiger partial charge in [-0.1, -0.05) is 12.1 Å². The number of nitrogens with zero attached hydrogens (tertiary/aromatic N) is 1. The van der Waals surface area contributed by atoms with Crippen LogP contribution in [0.1, 0.15) is 42.4 Å². The highest BCUT2D eigenvalue weighted by molar-refractivity contribution is 7.93. The number of hydrogen-bond acceptors (Lipinski definition) is 4. The number of hydrogen-bond donors (Lipinski definition) is 1. The van der Waals surface area contributed by atoms with Crippen LogP contribution in [-0.4, -0.2) is 24.0 Å². The third-order valence-corrected chi connectivity index (χ3v) is 7.39. The number of benzene rings is 1. The lowest BCUT2D eigenvalue weighted by atomic mass is 9.81. The van der Waals surface area contributed by atoms with E-state index in [1.807, 2.05) is 13.0 Å². The van der Waals surface area contributed by atoms with E-state index in [4.69, 9.17) is 0 Å². The van der Waals surface area contributed by atoms with Gasteiger partial charge in [-0.25, -0.2) is 8.42 Å². The summed E-state index contributed by atoms with van der Waals surface area (Å²) in [6.45, 7) is 1.86. The predicted molar refractivity (Wildman–Crippen MR) is 74.8 cm³/mol. The molecule has 3 rings (SSSR count). The average molecular weight is 291 g/mol. The van der Waals surface area contributed by atoms with Crippen LogP contribution in [0.15, 0.2) is 18.2 Å². The van der Waals surface area contributed by atoms with Gasteiger partial charge in [0.25, 0.3) is 0 Å². The van der Waals surface area contributed by atoms with Gasteiger partial charge in [0.2, 0.25) is 0 Å². The van der Waals surface area contributed by atoms with Crippen molar-refractivity contribution in [1.29, 1.82) is 5.26 Å². The first-order valence-corrected chi connectivity index (χ1v) is 8.45. The van der Waals surface area contributed by atoms with Crippen LogP contribution in [0.2, 0.25) is 0 Å². The number of nitriles is 1. The Morgan fingerprint density at radius 3 is 2.45 bits per heavy atom. The maximum absolute atomic E-state index is 12.2. The first kappa shape index (κ1) is 13.6. The molecule has 0 saturated carbocycles. The van der Waals surface area contributed by atoms with Gasteiger partial charge in [-0.15, -0.1) is 0 Å². The van der Waals surface area contributed by atoms with Crippen LogP contribution in [0, 0.1) is 18.3 Å². The standard InChI is InChI=1S/C15H17NO3S/c1-10-3-2-4-11(9-16)14(10)15(17)7-12-5-6-13(8-15)20(12,18)19/h2-4,12-13,17H,5-8H2,1H3. The Bertz CT molecular complexity index is 682. The first-order valence-electron chi connectivity index (χ1n) is 6.84. The summed E-state index contributed by atoms with van der Waals surface area (Å²) in [4.78, 5) is 0. The third-order valence-electron chi connectivity index (χ3n) is 4.73. The molecule has 2 saturated heterocycles. The zero-order valence-electron chi connectivity index (χ0n) is 11.3. The van der Waals surface area contributed by atoms with E-state index in [2.05, 4.69) is 6.07 Å². The smallest absolute Gasteiger partial charge is 0.156 e. The molecule has 2 aliphatic heterocycles. The zero-order chi connectivity index (χ0) is 14.5. The number of fused-ring (bicyclic) bond motifs is 2. The highest BCUT2D eigenvalue weighted by Gasteiger charge is 2.53. The van der Waals surface area contributed by atoms with Crippen molar-refractivity contribution in [2.24, 2.45) is 0 Å². The molecule has 5 heteroatoms. The molecule has 0 radical (unpaired) electrons. The van der Waals surface area contributed by atoms with Gasteiger partial charge < -0.3 is 5.11 Å². The molecule has 2 bridgehead atoms. The van der Waals surface area contributed by atoms with Crippen molar-refractivity contribution < 1.29 is 13.5 Å². The number of rotatable bonds is 1. The maximum atomic E-state index is 12.2. The summed E-state index contributed by atoms with van der Waals surface area (Å²) in [5.74, 6) is 0. The van der Waals surface area contributed by atoms with Crippen LogP contribution in [-0.2, 0) is 15.4 Å². The molecule has 2 heterocycles. The van der Waals surface area contributed by atoms with E-state index in [-0.39, 0.29) is 12.8 Å². The molecule has 20 heavy (non-hydrogen) atoms. The van der Waals surface area contributed by atoms with E-state index in [9.17, 15) is 18.8 Å². The van der Waals surface area contributed by atoms with Crippen molar-refractivity contribution in [3.8, 4) is 6.07 Å². The quantitative estimate of drug-likeness (QED) is 0.855. The van der Waals surface area contributed by atoms with E-state index in [1.165, 1.54) is 0 Å². The molecule has 0 amide bonds. The fraction of sp³-hybridized carbons (Fsp3) is 0.533. The minimum atomic E-state index is -3.08. The second-order valence-corrected chi connectivity index (χ2v) is 8.47. The summed E-state index contributed by atoms with van der Waals surface area (Å²) >= 11 is 0. The normalized spacial score (nSPS) is 34.6. The topological polar surface area (TPSA) is 78.2 Å². The molecule has 1 aromatic carbocycles. The van der Waals surface area contributed by atoms with Crippen molar-refractivity contribution in [3.63, 3.8) is 0 Å². The summed E-state index contributed by atoms with van der Waals surface area (Å²) in [5.41, 5.74) is 0.735. The monoisotopic (exact) mass is 291 g/mol. The molecule has 1 N–H and O–H groups in total. The molecule has 1 aromatic rings. The fourth-order valence-corrected chi connectivity index (χ4v) is 6.32. The number of aliphatic hydroxyl groups is 1. The van der Waals surface area contributed by atoms with Crippen LogP contribution in [0.3, 0.4) is 0 Å². The highest BCUT2D eigenvalue weighted by atomic mass is 32.2. The van der Waals surface area contributed by atoms with Crippen LogP contribution in [0.5, 0.6) is 0 Å². The predicted octanol–water partition coefficient (Wildman–Crippen LogP) is 1.79. The van der Waals surface area contributed by atoms with Gasteiger partial charge in [0.15, 0.2) is 9.84 Å². The second kappa shape index (κ2) is 4.31. The van der Waals surface area contributed by atoms with Crippen LogP contribution >= 0.6 is 0 Å². The Labute approximate surface area is 119 Å². The van der Waals surface area contributed by atoms with Crippen LogP contribution in [0.25, 0.3) is 0 Å². The molecule has 2 aliphatic rings. The Hall–Kier alpha value is -1.38. The third kappa shape index (κ3) is 1.79. The lowest BCUT2D eigenvalue weighted by Crippen LogP contribution is -2.43. The second-order valence-electron chi connectivity index (χ2n) is 5.96. The molecule has 2 fully saturated rings. The van der Waals surface area contributed by atoms with E-state index in [0.717, 1.165) is 5.56 Å². The largest absolute Gasteiger partial charge is 0.385 e. The van der Waals surface area contributed by atoms with Gasteiger partial charge in [-0.3, -0.25) is 0 Å². The van der Waals surface area contributed by atoms with Crippen LogP contribution < -0.4 is 0 Å². The van der Waals surface area contributed by atoms with Gasteiger partial charge in [0.05, 0.1) is 27.7 Å². The minimum absolute atomic E-state index is 0.214. The van der Waals surface area contributed by atoms with Gasteiger partial charge in [-0.05, 0) is 44.2 Å². The number of sulfone groups is 1. The van der Waals surface area contributed by atoms with Crippen molar-refractivity contribution in [2.45, 2.75) is 48.7 Å². The molecule has 106 valence electrons. The van der Waals surface area contributed by atoms with E-state index in [1.54, 1.807) is 12.1 Å². The summed E-state index contributed by atoms with van der Waals surface area (Å²) in [5, 5.41) is 19.4. The summed E-state index contributed by atoms with van der Waals surface area (Å²) in [7, 11) is -3.08. The molecule has 0 aliphatic carbocycles. The maximum Gasteiger partial charge on any atom is 0.156 e. The molecule has 0 spiro atoms. The molecule has 0 aromatic heterocycles. The number of aryl methyl sites for hydroxylation is 1. The minimum Gasteiger partial charge on any atom is -0.385 e. The van der Waals surface area contributed by atoms with Crippen LogP contribution in [0.4, 0.5) is 0 Å². The summed E-state index contributed by atoms with van der Waals surface area (Å²) in [6.07, 6.45) is 1.68. The lowest BCUT2D eigenvalue weighted by Gasteiger charge is -2.37. The first-order chi connectivity index (χ1) is 9.38. The van der Waals surface area contributed by atoms with E-state index in [0.29, 0.717) is 24.0 Å². The molecule has 2 atom stereocenters. The lowest BCUT2D eigenvalue weighted by molar-refractivity contribution is 0.0165. The summed E-state index contributed by atoms with van der Waals surface area (Å²) in [6, 6.07) is 7.45. The van der Waals surface area contributed by atoms with Crippen molar-refractivity contribution in [1.82, 2.24) is 0 Å². The van der Waals surface area contributed by atoms with Gasteiger partial charge in [0.1, 0.15) is 0 Å². The Morgan fingerprint density at radius 2 is 1.90 bits per heavy atom. The zero-order valence-corrected chi connectivity index (χ0v) is 12.2. The molecular formula is C15H17NO3S. The molecular weight excluding hydrogens is 274 g/mol. The van der Waals surface area contributed by atoms with Gasteiger partial charge in [-0.2, -0.15) is 5.26 Å². The molecule has 4 nitrogen and oxygen atoms in total. The Morgan fingerprint density at radius 1 is 1.30 bits per heavy atom. The summed E-state index contributed by atoms with van der Waals surface area (Å²) < 4.78 is 24.3. The highest BCUT2D eigenvalue weighted by Crippen LogP contribution is 2.48. The van der Waals surface area contributed by atoms with Gasteiger partial charge in [0, 0.05) is 5.56 Å². The Balaban J connectivity index is 2.11. The van der Waals surface area contributed by atoms with Crippen molar-refractivity contribution in [3.05, 3.63) is 34.9 Å². The van der Waals surface area contributed by atoms with E-state index < -0.39 is 25.9 Å². The van der Waals surface area contributed by atoms with Crippen molar-refractivity contribution in [2.75, 3.05) is 0 Å². The van der Waals surface area contributed by atoms with E-state index >= 15 is 0 Å². The average Bonchev–Trinajstić information content (AvgIpc) is 2.58. The SMILES string of the molecule is Cc1cccc(C#N)c1C1(O)CC2CCC(C1)S2(=O)=O. The Kier molecular flexibility index (Phi) is 2.93. The fourth-order valence-electron chi connectivity index (χ4n) is 3.83. The van der Waals surface area contributed by atoms with Crippen molar-refractivity contribution >= 4 is 9.84 Å². The molecule has 2 unspecified atom stereocenters.